The minimum Gasteiger partial charge on any atom is -0.319 e. The molecular formula is C16H26N2. The Morgan fingerprint density at radius 3 is 2.28 bits per heavy atom. The van der Waals surface area contributed by atoms with Gasteiger partial charge >= 0.3 is 0 Å². The van der Waals surface area contributed by atoms with Crippen LogP contribution in [0.1, 0.15) is 29.5 Å². The molecule has 1 aliphatic heterocycles. The SMILES string of the molecule is CNCC1CCN(Cc2cc(C)cc(C)c2)CC1. The largest absolute Gasteiger partial charge is 0.319 e. The lowest BCUT2D eigenvalue weighted by atomic mass is 9.96. The van der Waals surface area contributed by atoms with Gasteiger partial charge in [-0.1, -0.05) is 29.3 Å². The van der Waals surface area contributed by atoms with E-state index in [1.165, 1.54) is 49.2 Å². The van der Waals surface area contributed by atoms with Gasteiger partial charge in [-0.15, -0.1) is 0 Å². The third-order valence-corrected chi connectivity index (χ3v) is 3.89. The average molecular weight is 246 g/mol. The molecule has 1 heterocycles. The third-order valence-electron chi connectivity index (χ3n) is 3.89. The number of nitrogens with one attached hydrogen (secondary N) is 1. The molecule has 2 heteroatoms. The number of likely N-dealkylation sites (tertiary alicyclic amines) is 1. The van der Waals surface area contributed by atoms with Crippen molar-refractivity contribution in [1.82, 2.24) is 10.2 Å². The monoisotopic (exact) mass is 246 g/mol. The number of piperidine rings is 1. The summed E-state index contributed by atoms with van der Waals surface area (Å²) in [4.78, 5) is 2.60. The van der Waals surface area contributed by atoms with E-state index in [4.69, 9.17) is 0 Å². The second kappa shape index (κ2) is 6.35. The van der Waals surface area contributed by atoms with E-state index in [9.17, 15) is 0 Å². The van der Waals surface area contributed by atoms with E-state index in [-0.39, 0.29) is 0 Å². The first-order chi connectivity index (χ1) is 8.67. The van der Waals surface area contributed by atoms with Crippen LogP contribution < -0.4 is 5.32 Å². The molecule has 0 spiro atoms. The van der Waals surface area contributed by atoms with E-state index in [0.29, 0.717) is 0 Å². The summed E-state index contributed by atoms with van der Waals surface area (Å²) in [5.74, 6) is 0.880. The van der Waals surface area contributed by atoms with Crippen molar-refractivity contribution < 1.29 is 0 Å². The van der Waals surface area contributed by atoms with Gasteiger partial charge in [-0.2, -0.15) is 0 Å². The number of hydrogen-bond acceptors (Lipinski definition) is 2. The Bertz CT molecular complexity index is 358. The van der Waals surface area contributed by atoms with Gasteiger partial charge in [-0.05, 0) is 64.9 Å². The van der Waals surface area contributed by atoms with Crippen molar-refractivity contribution in [2.24, 2.45) is 5.92 Å². The molecule has 1 saturated heterocycles. The zero-order valence-corrected chi connectivity index (χ0v) is 12.0. The predicted octanol–water partition coefficient (Wildman–Crippen LogP) is 2.73. The zero-order valence-electron chi connectivity index (χ0n) is 12.0. The van der Waals surface area contributed by atoms with Crippen LogP contribution in [-0.2, 0) is 6.54 Å². The summed E-state index contributed by atoms with van der Waals surface area (Å²) in [5.41, 5.74) is 4.24. The van der Waals surface area contributed by atoms with E-state index < -0.39 is 0 Å². The summed E-state index contributed by atoms with van der Waals surface area (Å²) in [6.45, 7) is 9.18. The number of benzene rings is 1. The van der Waals surface area contributed by atoms with Crippen LogP contribution in [0.25, 0.3) is 0 Å². The van der Waals surface area contributed by atoms with Crippen molar-refractivity contribution in [2.75, 3.05) is 26.7 Å². The minimum atomic E-state index is 0.880. The van der Waals surface area contributed by atoms with Crippen LogP contribution in [0.4, 0.5) is 0 Å². The molecule has 2 nitrogen and oxygen atoms in total. The van der Waals surface area contributed by atoms with Crippen molar-refractivity contribution in [1.29, 1.82) is 0 Å². The molecule has 0 amide bonds. The first-order valence-electron chi connectivity index (χ1n) is 7.11. The molecule has 0 radical (unpaired) electrons. The van der Waals surface area contributed by atoms with Crippen LogP contribution in [0.2, 0.25) is 0 Å². The highest BCUT2D eigenvalue weighted by Crippen LogP contribution is 2.19. The maximum absolute atomic E-state index is 3.30. The average Bonchev–Trinajstić information content (AvgIpc) is 2.31. The molecular weight excluding hydrogens is 220 g/mol. The molecule has 0 unspecified atom stereocenters. The molecule has 1 fully saturated rings. The van der Waals surface area contributed by atoms with E-state index in [1.54, 1.807) is 0 Å². The van der Waals surface area contributed by atoms with Crippen LogP contribution >= 0.6 is 0 Å². The molecule has 2 rings (SSSR count). The predicted molar refractivity (Wildman–Crippen MR) is 77.8 cm³/mol. The highest BCUT2D eigenvalue weighted by atomic mass is 15.1. The van der Waals surface area contributed by atoms with Gasteiger partial charge in [-0.3, -0.25) is 4.90 Å². The van der Waals surface area contributed by atoms with E-state index in [2.05, 4.69) is 49.3 Å². The van der Waals surface area contributed by atoms with E-state index in [0.717, 1.165) is 12.5 Å². The smallest absolute Gasteiger partial charge is 0.0233 e. The van der Waals surface area contributed by atoms with Crippen molar-refractivity contribution in [2.45, 2.75) is 33.2 Å². The van der Waals surface area contributed by atoms with Gasteiger partial charge in [0, 0.05) is 6.54 Å². The Morgan fingerprint density at radius 2 is 1.72 bits per heavy atom. The van der Waals surface area contributed by atoms with Crippen LogP contribution in [0.15, 0.2) is 18.2 Å². The summed E-state index contributed by atoms with van der Waals surface area (Å²) in [6, 6.07) is 6.90. The maximum atomic E-state index is 3.30. The van der Waals surface area contributed by atoms with Crippen LogP contribution in [-0.4, -0.2) is 31.6 Å². The quantitative estimate of drug-likeness (QED) is 0.879. The van der Waals surface area contributed by atoms with Crippen LogP contribution in [0.5, 0.6) is 0 Å². The number of hydrogen-bond donors (Lipinski definition) is 1. The van der Waals surface area contributed by atoms with Crippen LogP contribution in [0, 0.1) is 19.8 Å². The fraction of sp³-hybridized carbons (Fsp3) is 0.625. The van der Waals surface area contributed by atoms with E-state index >= 15 is 0 Å². The second-order valence-corrected chi connectivity index (χ2v) is 5.77. The third kappa shape index (κ3) is 3.82. The number of nitrogens with zero attached hydrogens (tertiary/aromatic N) is 1. The minimum absolute atomic E-state index is 0.880. The fourth-order valence-corrected chi connectivity index (χ4v) is 3.06. The Morgan fingerprint density at radius 1 is 1.11 bits per heavy atom. The number of aryl methyl sites for hydroxylation is 2. The standard InChI is InChI=1S/C16H26N2/c1-13-8-14(2)10-16(9-13)12-18-6-4-15(5-7-18)11-17-3/h8-10,15,17H,4-7,11-12H2,1-3H3. The molecule has 18 heavy (non-hydrogen) atoms. The van der Waals surface area contributed by atoms with E-state index in [1.807, 2.05) is 0 Å². The lowest BCUT2D eigenvalue weighted by Crippen LogP contribution is -2.36. The molecule has 0 atom stereocenters. The Balaban J connectivity index is 1.87. The summed E-state index contributed by atoms with van der Waals surface area (Å²) < 4.78 is 0. The zero-order chi connectivity index (χ0) is 13.0. The fourth-order valence-electron chi connectivity index (χ4n) is 3.06. The normalized spacial score (nSPS) is 18.2. The lowest BCUT2D eigenvalue weighted by molar-refractivity contribution is 0.176. The van der Waals surface area contributed by atoms with Gasteiger partial charge in [0.25, 0.3) is 0 Å². The van der Waals surface area contributed by atoms with Crippen LogP contribution in [0.3, 0.4) is 0 Å². The Hall–Kier alpha value is -0.860. The summed E-state index contributed by atoms with van der Waals surface area (Å²) in [6.07, 6.45) is 2.68. The molecule has 1 aromatic carbocycles. The van der Waals surface area contributed by atoms with Crippen molar-refractivity contribution in [3.63, 3.8) is 0 Å². The van der Waals surface area contributed by atoms with Gasteiger partial charge in [0.15, 0.2) is 0 Å². The second-order valence-electron chi connectivity index (χ2n) is 5.77. The lowest BCUT2D eigenvalue weighted by Gasteiger charge is -2.32. The Labute approximate surface area is 111 Å². The van der Waals surface area contributed by atoms with Gasteiger partial charge in [0.05, 0.1) is 0 Å². The summed E-state index contributed by atoms with van der Waals surface area (Å²) in [7, 11) is 2.06. The topological polar surface area (TPSA) is 15.3 Å². The van der Waals surface area contributed by atoms with Gasteiger partial charge in [0.2, 0.25) is 0 Å². The van der Waals surface area contributed by atoms with Crippen molar-refractivity contribution in [3.05, 3.63) is 34.9 Å². The molecule has 1 aliphatic rings. The molecule has 100 valence electrons. The molecule has 1 aromatic rings. The maximum Gasteiger partial charge on any atom is 0.0233 e. The van der Waals surface area contributed by atoms with Crippen molar-refractivity contribution >= 4 is 0 Å². The number of rotatable bonds is 4. The highest BCUT2D eigenvalue weighted by molar-refractivity contribution is 5.28. The Kier molecular flexibility index (Phi) is 4.79. The molecule has 0 bridgehead atoms. The highest BCUT2D eigenvalue weighted by Gasteiger charge is 2.18. The summed E-state index contributed by atoms with van der Waals surface area (Å²) >= 11 is 0. The first kappa shape index (κ1) is 13.6. The van der Waals surface area contributed by atoms with Gasteiger partial charge in [-0.25, -0.2) is 0 Å². The first-order valence-corrected chi connectivity index (χ1v) is 7.11. The molecule has 0 aromatic heterocycles. The van der Waals surface area contributed by atoms with Gasteiger partial charge < -0.3 is 5.32 Å². The van der Waals surface area contributed by atoms with Crippen molar-refractivity contribution in [3.8, 4) is 0 Å². The molecule has 0 saturated carbocycles. The molecule has 1 N–H and O–H groups in total. The summed E-state index contributed by atoms with van der Waals surface area (Å²) in [5, 5.41) is 3.30. The molecule has 0 aliphatic carbocycles. The van der Waals surface area contributed by atoms with Gasteiger partial charge in [0.1, 0.15) is 0 Å².